The van der Waals surface area contributed by atoms with Gasteiger partial charge in [-0.1, -0.05) is 0 Å². The molecular weight excluding hydrogens is 224 g/mol. The minimum atomic E-state index is -0.703. The molecule has 6 nitrogen and oxygen atoms in total. The molecule has 0 spiro atoms. The Morgan fingerprint density at radius 2 is 2.29 bits per heavy atom. The molecule has 0 aromatic carbocycles. The maximum absolute atomic E-state index is 11.8. The van der Waals surface area contributed by atoms with Crippen molar-refractivity contribution in [2.75, 3.05) is 26.7 Å². The fraction of sp³-hybridized carbons (Fsp3) is 0.818. The number of hydrogen-bond acceptors (Lipinski definition) is 5. The predicted molar refractivity (Wildman–Crippen MR) is 59.5 cm³/mol. The first-order valence-corrected chi connectivity index (χ1v) is 5.71. The predicted octanol–water partition coefficient (Wildman–Crippen LogP) is 0.122. The van der Waals surface area contributed by atoms with Gasteiger partial charge in [0.2, 0.25) is 0 Å². The SMILES string of the molecule is COC(=O)CC12CNCCN1C(=O)OC2(C)C. The normalized spacial score (nSPS) is 30.8. The van der Waals surface area contributed by atoms with Gasteiger partial charge < -0.3 is 14.8 Å². The third-order valence-electron chi connectivity index (χ3n) is 3.79. The van der Waals surface area contributed by atoms with Crippen molar-refractivity contribution >= 4 is 12.1 Å². The molecule has 0 aliphatic carbocycles. The number of piperazine rings is 1. The van der Waals surface area contributed by atoms with Crippen molar-refractivity contribution in [2.24, 2.45) is 0 Å². The van der Waals surface area contributed by atoms with E-state index in [2.05, 4.69) is 5.32 Å². The van der Waals surface area contributed by atoms with Gasteiger partial charge in [-0.05, 0) is 13.8 Å². The first kappa shape index (κ1) is 12.2. The Morgan fingerprint density at radius 1 is 1.59 bits per heavy atom. The molecule has 1 N–H and O–H groups in total. The zero-order chi connectivity index (χ0) is 12.7. The molecule has 0 aromatic heterocycles. The summed E-state index contributed by atoms with van der Waals surface area (Å²) in [6, 6.07) is 0. The number of carbonyl (C=O) groups excluding carboxylic acids is 2. The number of amides is 1. The molecule has 2 rings (SSSR count). The molecule has 1 amide bonds. The number of methoxy groups -OCH3 is 1. The highest BCUT2D eigenvalue weighted by atomic mass is 16.6. The van der Waals surface area contributed by atoms with Crippen LogP contribution in [0.4, 0.5) is 4.79 Å². The van der Waals surface area contributed by atoms with E-state index in [9.17, 15) is 9.59 Å². The molecule has 2 aliphatic heterocycles. The number of hydrogen-bond donors (Lipinski definition) is 1. The van der Waals surface area contributed by atoms with Gasteiger partial charge in [-0.25, -0.2) is 4.79 Å². The number of cyclic esters (lactones) is 1. The van der Waals surface area contributed by atoms with E-state index in [0.717, 1.165) is 0 Å². The van der Waals surface area contributed by atoms with E-state index in [0.29, 0.717) is 19.6 Å². The summed E-state index contributed by atoms with van der Waals surface area (Å²) < 4.78 is 10.1. The molecule has 1 unspecified atom stereocenters. The number of ether oxygens (including phenoxy) is 2. The van der Waals surface area contributed by atoms with E-state index in [1.54, 1.807) is 4.90 Å². The molecule has 1 atom stereocenters. The lowest BCUT2D eigenvalue weighted by Gasteiger charge is -2.45. The molecule has 2 heterocycles. The summed E-state index contributed by atoms with van der Waals surface area (Å²) in [7, 11) is 1.35. The van der Waals surface area contributed by atoms with Crippen LogP contribution in [0.2, 0.25) is 0 Å². The van der Waals surface area contributed by atoms with Crippen LogP contribution in [0.1, 0.15) is 20.3 Å². The lowest BCUT2D eigenvalue weighted by molar-refractivity contribution is -0.145. The van der Waals surface area contributed by atoms with Gasteiger partial charge in [-0.15, -0.1) is 0 Å². The molecule has 0 aromatic rings. The fourth-order valence-electron chi connectivity index (χ4n) is 2.65. The Balaban J connectivity index is 2.35. The van der Waals surface area contributed by atoms with Gasteiger partial charge in [0.25, 0.3) is 0 Å². The molecule has 0 saturated carbocycles. The highest BCUT2D eigenvalue weighted by Crippen LogP contribution is 2.42. The number of fused-ring (bicyclic) bond motifs is 1. The number of esters is 1. The van der Waals surface area contributed by atoms with Crippen LogP contribution in [0, 0.1) is 0 Å². The molecule has 0 radical (unpaired) electrons. The minimum absolute atomic E-state index is 0.148. The van der Waals surface area contributed by atoms with Crippen LogP contribution in [0.5, 0.6) is 0 Å². The van der Waals surface area contributed by atoms with Crippen LogP contribution in [-0.2, 0) is 14.3 Å². The van der Waals surface area contributed by atoms with Crippen molar-refractivity contribution < 1.29 is 19.1 Å². The minimum Gasteiger partial charge on any atom is -0.469 e. The summed E-state index contributed by atoms with van der Waals surface area (Å²) in [5.41, 5.74) is -1.35. The fourth-order valence-corrected chi connectivity index (χ4v) is 2.65. The molecule has 96 valence electrons. The summed E-state index contributed by atoms with van der Waals surface area (Å²) in [5.74, 6) is -0.329. The first-order valence-electron chi connectivity index (χ1n) is 5.71. The molecular formula is C11H18N2O4. The molecule has 2 fully saturated rings. The van der Waals surface area contributed by atoms with Crippen LogP contribution in [0.25, 0.3) is 0 Å². The van der Waals surface area contributed by atoms with Gasteiger partial charge >= 0.3 is 12.1 Å². The van der Waals surface area contributed by atoms with Gasteiger partial charge in [-0.3, -0.25) is 9.69 Å². The second kappa shape index (κ2) is 3.87. The zero-order valence-corrected chi connectivity index (χ0v) is 10.4. The van der Waals surface area contributed by atoms with Crippen molar-refractivity contribution in [1.82, 2.24) is 10.2 Å². The lowest BCUT2D eigenvalue weighted by atomic mass is 9.78. The van der Waals surface area contributed by atoms with Crippen LogP contribution >= 0.6 is 0 Å². The standard InChI is InChI=1S/C11H18N2O4/c1-10(2)11(6-8(14)16-3)7-12-4-5-13(11)9(15)17-10/h12H,4-7H2,1-3H3. The smallest absolute Gasteiger partial charge is 0.411 e. The molecule has 2 saturated heterocycles. The Kier molecular flexibility index (Phi) is 2.77. The van der Waals surface area contributed by atoms with E-state index >= 15 is 0 Å². The van der Waals surface area contributed by atoms with Crippen molar-refractivity contribution in [3.8, 4) is 0 Å². The highest BCUT2D eigenvalue weighted by molar-refractivity contribution is 5.78. The van der Waals surface area contributed by atoms with E-state index in [1.807, 2.05) is 13.8 Å². The lowest BCUT2D eigenvalue weighted by Crippen LogP contribution is -2.66. The Morgan fingerprint density at radius 3 is 2.94 bits per heavy atom. The largest absolute Gasteiger partial charge is 0.469 e. The van der Waals surface area contributed by atoms with Crippen LogP contribution < -0.4 is 5.32 Å². The molecule has 17 heavy (non-hydrogen) atoms. The number of nitrogens with zero attached hydrogens (tertiary/aromatic N) is 1. The van der Waals surface area contributed by atoms with Crippen LogP contribution in [0.3, 0.4) is 0 Å². The number of carbonyl (C=O) groups is 2. The second-order valence-corrected chi connectivity index (χ2v) is 4.99. The third kappa shape index (κ3) is 1.67. The van der Waals surface area contributed by atoms with E-state index in [-0.39, 0.29) is 18.5 Å². The van der Waals surface area contributed by atoms with Gasteiger partial charge in [0.1, 0.15) is 11.1 Å². The second-order valence-electron chi connectivity index (χ2n) is 4.99. The summed E-state index contributed by atoms with van der Waals surface area (Å²) in [4.78, 5) is 25.0. The first-order chi connectivity index (χ1) is 7.93. The van der Waals surface area contributed by atoms with E-state index in [1.165, 1.54) is 7.11 Å². The third-order valence-corrected chi connectivity index (χ3v) is 3.79. The highest BCUT2D eigenvalue weighted by Gasteiger charge is 2.61. The Bertz CT molecular complexity index is 355. The molecule has 6 heteroatoms. The number of nitrogens with one attached hydrogen (secondary N) is 1. The summed E-state index contributed by atoms with van der Waals surface area (Å²) in [6.07, 6.45) is -0.199. The van der Waals surface area contributed by atoms with Crippen LogP contribution in [0.15, 0.2) is 0 Å². The van der Waals surface area contributed by atoms with Crippen molar-refractivity contribution in [2.45, 2.75) is 31.4 Å². The average molecular weight is 242 g/mol. The van der Waals surface area contributed by atoms with E-state index in [4.69, 9.17) is 9.47 Å². The zero-order valence-electron chi connectivity index (χ0n) is 10.4. The average Bonchev–Trinajstić information content (AvgIpc) is 2.47. The van der Waals surface area contributed by atoms with Gasteiger partial charge in [0, 0.05) is 19.6 Å². The van der Waals surface area contributed by atoms with Gasteiger partial charge in [0.05, 0.1) is 13.5 Å². The summed E-state index contributed by atoms with van der Waals surface area (Å²) in [6.45, 7) is 5.48. The summed E-state index contributed by atoms with van der Waals surface area (Å²) in [5, 5.41) is 3.22. The van der Waals surface area contributed by atoms with Crippen molar-refractivity contribution in [3.05, 3.63) is 0 Å². The van der Waals surface area contributed by atoms with Gasteiger partial charge in [-0.2, -0.15) is 0 Å². The topological polar surface area (TPSA) is 67.9 Å². The Hall–Kier alpha value is -1.30. The van der Waals surface area contributed by atoms with Crippen molar-refractivity contribution in [1.29, 1.82) is 0 Å². The van der Waals surface area contributed by atoms with Crippen molar-refractivity contribution in [3.63, 3.8) is 0 Å². The monoisotopic (exact) mass is 242 g/mol. The maximum Gasteiger partial charge on any atom is 0.411 e. The van der Waals surface area contributed by atoms with Crippen LogP contribution in [-0.4, -0.2) is 54.8 Å². The number of rotatable bonds is 2. The quantitative estimate of drug-likeness (QED) is 0.697. The summed E-state index contributed by atoms with van der Waals surface area (Å²) >= 11 is 0. The van der Waals surface area contributed by atoms with E-state index < -0.39 is 11.1 Å². The Labute approximate surface area is 100 Å². The molecule has 0 bridgehead atoms. The van der Waals surface area contributed by atoms with Gasteiger partial charge in [0.15, 0.2) is 0 Å². The maximum atomic E-state index is 11.8. The molecule has 2 aliphatic rings.